The molecule has 306 valence electrons. The van der Waals surface area contributed by atoms with Crippen LogP contribution in [0, 0.1) is 0 Å². The fourth-order valence-corrected chi connectivity index (χ4v) is 7.96. The van der Waals surface area contributed by atoms with Gasteiger partial charge >= 0.3 is 12.2 Å². The van der Waals surface area contributed by atoms with E-state index in [2.05, 4.69) is 30.1 Å². The van der Waals surface area contributed by atoms with Crippen LogP contribution in [0.15, 0.2) is 60.7 Å². The van der Waals surface area contributed by atoms with Crippen molar-refractivity contribution in [1.82, 2.24) is 40.4 Å². The molecule has 0 saturated carbocycles. The number of nitrogens with zero attached hydrogens (tertiary/aromatic N) is 4. The van der Waals surface area contributed by atoms with Gasteiger partial charge in [0.1, 0.15) is 35.1 Å². The molecule has 2 saturated heterocycles. The minimum Gasteiger partial charge on any atom is -0.453 e. The van der Waals surface area contributed by atoms with E-state index in [1.54, 1.807) is 9.80 Å². The Morgan fingerprint density at radius 3 is 1.36 bits per heavy atom. The Labute approximate surface area is 334 Å². The number of ether oxygens (including phenoxy) is 2. The average Bonchev–Trinajstić information content (AvgIpc) is 4.02. The molecule has 0 unspecified atom stereocenters. The largest absolute Gasteiger partial charge is 0.453 e. The number of nitrogens with one attached hydrogen (secondary N) is 4. The summed E-state index contributed by atoms with van der Waals surface area (Å²) in [7, 11) is 2.33. The predicted molar refractivity (Wildman–Crippen MR) is 213 cm³/mol. The molecule has 4 heterocycles. The third kappa shape index (κ3) is 8.04. The fraction of sp³-hybridized carbons (Fsp3) is 0.429. The highest BCUT2D eigenvalue weighted by atomic mass is 19.1. The van der Waals surface area contributed by atoms with E-state index < -0.39 is 59.5 Å². The lowest BCUT2D eigenvalue weighted by molar-refractivity contribution is -0.138. The number of rotatable bonds is 10. The summed E-state index contributed by atoms with van der Waals surface area (Å²) in [6.45, 7) is 5.80. The van der Waals surface area contributed by atoms with Crippen LogP contribution in [0.4, 0.5) is 18.4 Å². The lowest BCUT2D eigenvalue weighted by Gasteiger charge is -2.32. The van der Waals surface area contributed by atoms with Gasteiger partial charge in [-0.05, 0) is 99.9 Å². The van der Waals surface area contributed by atoms with Gasteiger partial charge in [-0.25, -0.2) is 28.3 Å². The molecule has 3 aromatic carbocycles. The molecular weight excluding hydrogens is 751 g/mol. The van der Waals surface area contributed by atoms with Crippen molar-refractivity contribution in [3.05, 3.63) is 72.3 Å². The van der Waals surface area contributed by atoms with Crippen LogP contribution in [0.1, 0.15) is 77.1 Å². The van der Waals surface area contributed by atoms with E-state index >= 15 is 8.78 Å². The molecule has 4 atom stereocenters. The molecule has 0 bridgehead atoms. The first kappa shape index (κ1) is 40.1. The SMILES string of the molecule is COC(=O)N[C@H](C(=O)N1CCC[C@H]1c1nc2ccc(-c3ccc(-c4ccc5nc([C@@H]6CCCN6C(=O)[C@@H](NC(=O)OC)C(C)(C)F)[nH]c5c4)cc3)cc2[nH]1)C(C)(C)F. The van der Waals surface area contributed by atoms with Crippen molar-refractivity contribution in [3.63, 3.8) is 0 Å². The Hall–Kier alpha value is -6.06. The first-order valence-corrected chi connectivity index (χ1v) is 19.3. The second-order valence-corrected chi connectivity index (χ2v) is 15.9. The zero-order valence-electron chi connectivity index (χ0n) is 33.3. The normalized spacial score (nSPS) is 18.3. The molecule has 0 spiro atoms. The maximum Gasteiger partial charge on any atom is 0.407 e. The van der Waals surface area contributed by atoms with Crippen LogP contribution in [0.25, 0.3) is 44.3 Å². The molecule has 2 fully saturated rings. The number of carbonyl (C=O) groups excluding carboxylic acids is 4. The number of H-pyrrole nitrogens is 2. The number of aromatic amines is 2. The monoisotopic (exact) mass is 798 g/mol. The van der Waals surface area contributed by atoms with E-state index in [0.717, 1.165) is 58.5 Å². The molecule has 16 heteroatoms. The maximum absolute atomic E-state index is 15.1. The number of fused-ring (bicyclic) bond motifs is 2. The number of aromatic nitrogens is 4. The Bertz CT molecular complexity index is 2180. The zero-order valence-corrected chi connectivity index (χ0v) is 33.3. The number of imidazole rings is 2. The van der Waals surface area contributed by atoms with Crippen LogP contribution < -0.4 is 10.6 Å². The van der Waals surface area contributed by atoms with Crippen molar-refractivity contribution in [2.24, 2.45) is 0 Å². The van der Waals surface area contributed by atoms with Crippen LogP contribution in [-0.2, 0) is 19.1 Å². The van der Waals surface area contributed by atoms with Crippen LogP contribution in [0.5, 0.6) is 0 Å². The molecule has 2 aliphatic heterocycles. The minimum atomic E-state index is -2.03. The number of amides is 4. The van der Waals surface area contributed by atoms with Gasteiger partial charge in [0, 0.05) is 13.1 Å². The summed E-state index contributed by atoms with van der Waals surface area (Å²) >= 11 is 0. The number of alkyl carbamates (subject to hydrolysis) is 2. The van der Waals surface area contributed by atoms with Crippen molar-refractivity contribution in [1.29, 1.82) is 0 Å². The van der Waals surface area contributed by atoms with Gasteiger partial charge in [0.05, 0.1) is 48.4 Å². The number of hydrogen-bond acceptors (Lipinski definition) is 8. The quantitative estimate of drug-likeness (QED) is 0.116. The lowest BCUT2D eigenvalue weighted by Crippen LogP contribution is -2.56. The standard InChI is InChI=1S/C42H48F2N8O6/c1-41(2,43)33(49-39(55)57-5)37(53)51-19-7-9-31(51)35-45-27-17-15-25(21-29(27)47-35)23-11-13-24(14-12-23)26-16-18-28-30(22-26)48-36(46-28)32-10-8-20-52(32)38(54)34(42(3,4)44)50-40(56)58-6/h11-18,21-22,31-34H,7-10,19-20H2,1-6H3,(H,45,47)(H,46,48)(H,49,55)(H,50,56)/t31-,32-,33+,34+/m0/s1. The number of benzene rings is 3. The molecule has 58 heavy (non-hydrogen) atoms. The topological polar surface area (TPSA) is 175 Å². The molecule has 2 aromatic heterocycles. The zero-order chi connectivity index (χ0) is 41.5. The third-order valence-electron chi connectivity index (χ3n) is 11.0. The summed E-state index contributed by atoms with van der Waals surface area (Å²) in [5.74, 6) is 0.110. The van der Waals surface area contributed by atoms with E-state index in [4.69, 9.17) is 9.97 Å². The number of hydrogen-bond donors (Lipinski definition) is 4. The van der Waals surface area contributed by atoms with Crippen molar-refractivity contribution in [2.75, 3.05) is 27.3 Å². The second kappa shape index (κ2) is 15.7. The first-order chi connectivity index (χ1) is 27.5. The van der Waals surface area contributed by atoms with Gasteiger partial charge in [-0.3, -0.25) is 9.59 Å². The van der Waals surface area contributed by atoms with Gasteiger partial charge in [-0.15, -0.1) is 0 Å². The molecule has 5 aromatic rings. The summed E-state index contributed by atoms with van der Waals surface area (Å²) < 4.78 is 39.6. The molecule has 4 N–H and O–H groups in total. The number of halogens is 2. The van der Waals surface area contributed by atoms with Crippen molar-refractivity contribution >= 4 is 46.1 Å². The Morgan fingerprint density at radius 2 is 1.02 bits per heavy atom. The van der Waals surface area contributed by atoms with Crippen molar-refractivity contribution < 1.29 is 37.4 Å². The highest BCUT2D eigenvalue weighted by molar-refractivity contribution is 5.89. The summed E-state index contributed by atoms with van der Waals surface area (Å²) in [6, 6.07) is 16.3. The summed E-state index contributed by atoms with van der Waals surface area (Å²) in [4.78, 5) is 70.6. The highest BCUT2D eigenvalue weighted by Gasteiger charge is 2.45. The van der Waals surface area contributed by atoms with Gasteiger partial charge in [0.15, 0.2) is 0 Å². The van der Waals surface area contributed by atoms with Crippen LogP contribution in [0.2, 0.25) is 0 Å². The van der Waals surface area contributed by atoms with Crippen molar-refractivity contribution in [3.8, 4) is 22.3 Å². The van der Waals surface area contributed by atoms with Gasteiger partial charge < -0.3 is 39.9 Å². The molecule has 14 nitrogen and oxygen atoms in total. The Morgan fingerprint density at radius 1 is 0.655 bits per heavy atom. The molecule has 0 radical (unpaired) electrons. The van der Waals surface area contributed by atoms with Gasteiger partial charge in [0.2, 0.25) is 11.8 Å². The molecule has 0 aliphatic carbocycles. The molecule has 2 aliphatic rings. The highest BCUT2D eigenvalue weighted by Crippen LogP contribution is 2.36. The molecule has 4 amide bonds. The van der Waals surface area contributed by atoms with E-state index in [-0.39, 0.29) is 0 Å². The average molecular weight is 799 g/mol. The fourth-order valence-electron chi connectivity index (χ4n) is 7.96. The predicted octanol–water partition coefficient (Wildman–Crippen LogP) is 7.05. The number of alkyl halides is 2. The molecular formula is C42H48F2N8O6. The summed E-state index contributed by atoms with van der Waals surface area (Å²) in [5.41, 5.74) is 2.86. The van der Waals surface area contributed by atoms with Crippen LogP contribution >= 0.6 is 0 Å². The van der Waals surface area contributed by atoms with Gasteiger partial charge in [-0.2, -0.15) is 0 Å². The molecule has 7 rings (SSSR count). The summed E-state index contributed by atoms with van der Waals surface area (Å²) in [5, 5.41) is 4.72. The van der Waals surface area contributed by atoms with E-state index in [1.807, 2.05) is 60.7 Å². The Balaban J connectivity index is 1.07. The van der Waals surface area contributed by atoms with Gasteiger partial charge in [-0.1, -0.05) is 36.4 Å². The third-order valence-corrected chi connectivity index (χ3v) is 11.0. The van der Waals surface area contributed by atoms with E-state index in [0.29, 0.717) is 50.4 Å². The number of carbonyl (C=O) groups is 4. The number of methoxy groups -OCH3 is 2. The van der Waals surface area contributed by atoms with Gasteiger partial charge in [0.25, 0.3) is 0 Å². The maximum atomic E-state index is 15.1. The van der Waals surface area contributed by atoms with Crippen LogP contribution in [-0.4, -0.2) is 104 Å². The number of likely N-dealkylation sites (tertiary alicyclic amines) is 2. The van der Waals surface area contributed by atoms with Crippen LogP contribution in [0.3, 0.4) is 0 Å². The second-order valence-electron chi connectivity index (χ2n) is 15.9. The first-order valence-electron chi connectivity index (χ1n) is 19.3. The lowest BCUT2D eigenvalue weighted by atomic mass is 9.99. The Kier molecular flexibility index (Phi) is 10.9. The smallest absolute Gasteiger partial charge is 0.407 e. The van der Waals surface area contributed by atoms with E-state index in [1.165, 1.54) is 27.7 Å². The minimum absolute atomic E-state index is 0.403. The van der Waals surface area contributed by atoms with E-state index in [9.17, 15) is 19.2 Å². The summed E-state index contributed by atoms with van der Waals surface area (Å²) in [6.07, 6.45) is 0.917. The van der Waals surface area contributed by atoms with Crippen molar-refractivity contribution in [2.45, 2.75) is 88.9 Å².